The average molecular weight is 452 g/mol. The molecule has 0 radical (unpaired) electrons. The molecule has 7 heteroatoms. The number of hydrogen-bond donors (Lipinski definition) is 1. The molecule has 6 nitrogen and oxygen atoms in total. The second kappa shape index (κ2) is 13.0. The summed E-state index contributed by atoms with van der Waals surface area (Å²) in [5.41, 5.74) is 4.15. The van der Waals surface area contributed by atoms with Crippen molar-refractivity contribution in [3.8, 4) is 6.07 Å². The minimum atomic E-state index is 0.150. The molecule has 1 unspecified atom stereocenters. The fourth-order valence-corrected chi connectivity index (χ4v) is 4.64. The fraction of sp³-hybridized carbons (Fsp3) is 0.400. The van der Waals surface area contributed by atoms with Gasteiger partial charge in [-0.2, -0.15) is 5.26 Å². The Hall–Kier alpha value is -2.66. The lowest BCUT2D eigenvalue weighted by Crippen LogP contribution is -2.11. The zero-order valence-corrected chi connectivity index (χ0v) is 20.4. The third-order valence-corrected chi connectivity index (χ3v) is 6.51. The second-order valence-corrected chi connectivity index (χ2v) is 8.45. The highest BCUT2D eigenvalue weighted by atomic mass is 32.2. The molecule has 2 aromatic heterocycles. The third-order valence-electron chi connectivity index (χ3n) is 5.31. The van der Waals surface area contributed by atoms with Crippen molar-refractivity contribution in [3.05, 3.63) is 59.5 Å². The smallest absolute Gasteiger partial charge is 0.166 e. The van der Waals surface area contributed by atoms with Crippen LogP contribution in [0.2, 0.25) is 0 Å². The number of rotatable bonds is 5. The lowest BCUT2D eigenvalue weighted by Gasteiger charge is -2.13. The van der Waals surface area contributed by atoms with E-state index in [2.05, 4.69) is 32.8 Å². The molecule has 1 fully saturated rings. The number of aromatic nitrogens is 2. The van der Waals surface area contributed by atoms with Crippen LogP contribution in [0, 0.1) is 24.2 Å². The number of fused-ring (bicyclic) bond motifs is 1. The molecule has 170 valence electrons. The Morgan fingerprint density at radius 2 is 2.09 bits per heavy atom. The van der Waals surface area contributed by atoms with Crippen LogP contribution in [0.25, 0.3) is 10.9 Å². The predicted molar refractivity (Wildman–Crippen MR) is 133 cm³/mol. The first-order chi connectivity index (χ1) is 15.6. The van der Waals surface area contributed by atoms with Crippen molar-refractivity contribution >= 4 is 29.1 Å². The summed E-state index contributed by atoms with van der Waals surface area (Å²) >= 11 is 1.65. The van der Waals surface area contributed by atoms with Crippen LogP contribution in [0.15, 0.2) is 47.5 Å². The van der Waals surface area contributed by atoms with Crippen LogP contribution >= 0.6 is 11.9 Å². The van der Waals surface area contributed by atoms with Gasteiger partial charge >= 0.3 is 0 Å². The first-order valence-electron chi connectivity index (χ1n) is 11.0. The molecule has 1 saturated heterocycles. The van der Waals surface area contributed by atoms with E-state index in [0.29, 0.717) is 5.69 Å². The van der Waals surface area contributed by atoms with Crippen molar-refractivity contribution in [2.24, 2.45) is 13.0 Å². The van der Waals surface area contributed by atoms with E-state index >= 15 is 0 Å². The van der Waals surface area contributed by atoms with Crippen LogP contribution in [0.3, 0.4) is 0 Å². The van der Waals surface area contributed by atoms with Crippen LogP contribution < -0.4 is 5.32 Å². The first-order valence-corrected chi connectivity index (χ1v) is 11.8. The van der Waals surface area contributed by atoms with Gasteiger partial charge < -0.3 is 9.88 Å². The molecule has 1 aromatic carbocycles. The monoisotopic (exact) mass is 451 g/mol. The van der Waals surface area contributed by atoms with E-state index < -0.39 is 0 Å². The van der Waals surface area contributed by atoms with Crippen LogP contribution in [0.1, 0.15) is 42.0 Å². The van der Waals surface area contributed by atoms with Crippen LogP contribution in [0.4, 0.5) is 0 Å². The number of aldehydes is 1. The summed E-state index contributed by atoms with van der Waals surface area (Å²) in [5.74, 6) is 0.150. The van der Waals surface area contributed by atoms with Crippen molar-refractivity contribution in [1.29, 1.82) is 5.26 Å². The Kier molecular flexibility index (Phi) is 10.4. The molecule has 32 heavy (non-hydrogen) atoms. The fourth-order valence-electron chi connectivity index (χ4n) is 3.47. The number of nitriles is 1. The normalized spacial score (nSPS) is 15.3. The van der Waals surface area contributed by atoms with Gasteiger partial charge in [0.1, 0.15) is 0 Å². The molecule has 1 aliphatic rings. The van der Waals surface area contributed by atoms with E-state index in [1.807, 2.05) is 69.9 Å². The highest BCUT2D eigenvalue weighted by Crippen LogP contribution is 2.32. The molecule has 1 atom stereocenters. The van der Waals surface area contributed by atoms with E-state index in [0.717, 1.165) is 48.4 Å². The number of carbonyl (C=O) groups excluding carboxylic acids is 1. The molecule has 3 heterocycles. The first kappa shape index (κ1) is 25.6. The Morgan fingerprint density at radius 3 is 2.72 bits per heavy atom. The summed E-state index contributed by atoms with van der Waals surface area (Å²) in [7, 11) is 3.85. The molecule has 0 aliphatic carbocycles. The number of nitrogens with one attached hydrogen (secondary N) is 1. The Balaban J connectivity index is 0.000000217. The molecule has 3 aromatic rings. The van der Waals surface area contributed by atoms with Gasteiger partial charge in [-0.3, -0.25) is 9.78 Å². The van der Waals surface area contributed by atoms with E-state index in [1.54, 1.807) is 11.9 Å². The summed E-state index contributed by atoms with van der Waals surface area (Å²) < 4.78 is 4.10. The summed E-state index contributed by atoms with van der Waals surface area (Å²) in [5, 5.41) is 13.2. The van der Waals surface area contributed by atoms with E-state index in [-0.39, 0.29) is 5.92 Å². The van der Waals surface area contributed by atoms with Gasteiger partial charge in [0.15, 0.2) is 6.29 Å². The molecule has 1 N–H and O–H groups in total. The second-order valence-electron chi connectivity index (χ2n) is 7.31. The van der Waals surface area contributed by atoms with Gasteiger partial charge in [-0.1, -0.05) is 32.0 Å². The Morgan fingerprint density at radius 1 is 1.31 bits per heavy atom. The highest BCUT2D eigenvalue weighted by Gasteiger charge is 2.24. The molecular weight excluding hydrogens is 418 g/mol. The van der Waals surface area contributed by atoms with Crippen molar-refractivity contribution in [2.75, 3.05) is 20.1 Å². The van der Waals surface area contributed by atoms with Crippen molar-refractivity contribution in [2.45, 2.75) is 38.6 Å². The summed E-state index contributed by atoms with van der Waals surface area (Å²) in [6, 6.07) is 14.5. The average Bonchev–Trinajstić information content (AvgIpc) is 3.41. The highest BCUT2D eigenvalue weighted by molar-refractivity contribution is 7.97. The zero-order chi connectivity index (χ0) is 23.5. The van der Waals surface area contributed by atoms with Gasteiger partial charge in [0.25, 0.3) is 0 Å². The van der Waals surface area contributed by atoms with Crippen molar-refractivity contribution < 1.29 is 4.79 Å². The van der Waals surface area contributed by atoms with E-state index in [4.69, 9.17) is 5.26 Å². The molecular formula is C25H33N5OS. The number of hydrogen-bond acceptors (Lipinski definition) is 6. The van der Waals surface area contributed by atoms with Gasteiger partial charge in [-0.15, -0.1) is 0 Å². The lowest BCUT2D eigenvalue weighted by molar-refractivity contribution is 0.111. The standard InChI is InChI=1S/C12H15N3OS.C11H12N2.C2H6/c1-9-12(5-11(8-16)14(9)2)17-15-4-3-10(6-13)7-15;1-12-8-9-4-2-6-11-10(9)5-3-7-13-11;1-2/h5,8,10H,3-4,7H2,1-2H3;2-7,12H,8H2,1H3;1-2H3. The third kappa shape index (κ3) is 6.42. The minimum absolute atomic E-state index is 0.150. The topological polar surface area (TPSA) is 74.0 Å². The SMILES string of the molecule is CC.CNCc1cccc2ncccc12.Cc1c(SN2CCC(C#N)C2)cc(C=O)n1C. The molecule has 0 saturated carbocycles. The van der Waals surface area contributed by atoms with Gasteiger partial charge in [0.05, 0.1) is 23.2 Å². The number of carbonyl (C=O) groups is 1. The van der Waals surface area contributed by atoms with Gasteiger partial charge in [0.2, 0.25) is 0 Å². The maximum absolute atomic E-state index is 10.8. The van der Waals surface area contributed by atoms with Crippen LogP contribution in [0.5, 0.6) is 0 Å². The summed E-state index contributed by atoms with van der Waals surface area (Å²) in [4.78, 5) is 16.2. The van der Waals surface area contributed by atoms with Crippen molar-refractivity contribution in [3.63, 3.8) is 0 Å². The molecule has 0 spiro atoms. The summed E-state index contributed by atoms with van der Waals surface area (Å²) in [6.07, 6.45) is 3.64. The Bertz CT molecular complexity index is 1050. The van der Waals surface area contributed by atoms with Crippen LogP contribution in [-0.2, 0) is 13.6 Å². The Labute approximate surface area is 195 Å². The number of nitrogens with zero attached hydrogens (tertiary/aromatic N) is 4. The summed E-state index contributed by atoms with van der Waals surface area (Å²) in [6.45, 7) is 8.65. The van der Waals surface area contributed by atoms with Crippen molar-refractivity contribution in [1.82, 2.24) is 19.2 Å². The van der Waals surface area contributed by atoms with Gasteiger partial charge in [0, 0.05) is 48.9 Å². The lowest BCUT2D eigenvalue weighted by atomic mass is 10.1. The predicted octanol–water partition coefficient (Wildman–Crippen LogP) is 4.98. The number of benzene rings is 1. The maximum Gasteiger partial charge on any atom is 0.166 e. The minimum Gasteiger partial charge on any atom is -0.345 e. The van der Waals surface area contributed by atoms with E-state index in [1.165, 1.54) is 10.9 Å². The maximum atomic E-state index is 10.8. The number of pyridine rings is 1. The quantitative estimate of drug-likeness (QED) is 0.436. The molecule has 0 bridgehead atoms. The van der Waals surface area contributed by atoms with Gasteiger partial charge in [-0.05, 0) is 56.1 Å². The molecule has 0 amide bonds. The van der Waals surface area contributed by atoms with E-state index in [9.17, 15) is 4.79 Å². The molecule has 4 rings (SSSR count). The van der Waals surface area contributed by atoms with Gasteiger partial charge in [-0.25, -0.2) is 4.31 Å². The van der Waals surface area contributed by atoms with Crippen LogP contribution in [-0.4, -0.2) is 40.3 Å². The zero-order valence-electron chi connectivity index (χ0n) is 19.6. The molecule has 1 aliphatic heterocycles. The largest absolute Gasteiger partial charge is 0.345 e.